The number of hydrogen-bond acceptors (Lipinski definition) is 5. The third-order valence-electron chi connectivity index (χ3n) is 3.48. The Morgan fingerprint density at radius 3 is 2.43 bits per heavy atom. The van der Waals surface area contributed by atoms with Gasteiger partial charge in [0.2, 0.25) is 5.91 Å². The maximum Gasteiger partial charge on any atom is 0.300 e. The normalized spacial score (nSPS) is 15.3. The number of amides is 1. The van der Waals surface area contributed by atoms with Gasteiger partial charge in [0.15, 0.2) is 5.89 Å². The minimum atomic E-state index is -0.833. The first-order chi connectivity index (χ1) is 10.6. The van der Waals surface area contributed by atoms with Gasteiger partial charge in [-0.05, 0) is 14.0 Å². The molecule has 130 valence electrons. The van der Waals surface area contributed by atoms with Gasteiger partial charge in [0, 0.05) is 25.3 Å². The van der Waals surface area contributed by atoms with Gasteiger partial charge in [-0.25, -0.2) is 4.98 Å². The lowest BCUT2D eigenvalue weighted by Crippen LogP contribution is -2.45. The molecule has 1 atom stereocenters. The molecule has 2 N–H and O–H groups in total. The van der Waals surface area contributed by atoms with Crippen LogP contribution in [0, 0.1) is 0 Å². The van der Waals surface area contributed by atoms with Crippen LogP contribution in [-0.4, -0.2) is 46.5 Å². The first-order valence-electron chi connectivity index (χ1n) is 7.71. The molecule has 1 aromatic rings. The summed E-state index contributed by atoms with van der Waals surface area (Å²) in [4.78, 5) is 27.6. The molecule has 0 radical (unpaired) electrons. The minimum Gasteiger partial charge on any atom is -0.481 e. The van der Waals surface area contributed by atoms with Crippen LogP contribution in [0.25, 0.3) is 0 Å². The average Bonchev–Trinajstić information content (AvgIpc) is 2.88. The Morgan fingerprint density at radius 2 is 1.96 bits per heavy atom. The van der Waals surface area contributed by atoms with Gasteiger partial charge in [-0.3, -0.25) is 9.59 Å². The van der Waals surface area contributed by atoms with Gasteiger partial charge in [-0.15, -0.1) is 0 Å². The van der Waals surface area contributed by atoms with Gasteiger partial charge in [0.05, 0.1) is 12.6 Å². The highest BCUT2D eigenvalue weighted by atomic mass is 16.4. The summed E-state index contributed by atoms with van der Waals surface area (Å²) in [5.41, 5.74) is 0.817. The molecule has 0 saturated carbocycles. The number of carboxylic acid groups (broad SMARTS) is 1. The number of hydrogen-bond donors (Lipinski definition) is 2. The summed E-state index contributed by atoms with van der Waals surface area (Å²) >= 11 is 0. The van der Waals surface area contributed by atoms with Crippen molar-refractivity contribution in [2.45, 2.75) is 59.0 Å². The Morgan fingerprint density at radius 1 is 1.39 bits per heavy atom. The molecule has 0 aromatic carbocycles. The zero-order valence-corrected chi connectivity index (χ0v) is 14.8. The maximum atomic E-state index is 12.1. The molecule has 0 fully saturated rings. The predicted octanol–water partition coefficient (Wildman–Crippen LogP) is 1.56. The summed E-state index contributed by atoms with van der Waals surface area (Å²) < 4.78 is 5.82. The van der Waals surface area contributed by atoms with Crippen molar-refractivity contribution in [1.82, 2.24) is 15.2 Å². The Kier molecular flexibility index (Phi) is 6.32. The van der Waals surface area contributed by atoms with E-state index in [1.165, 1.54) is 0 Å². The Labute approximate surface area is 137 Å². The summed E-state index contributed by atoms with van der Waals surface area (Å²) in [5, 5.41) is 10.4. The lowest BCUT2D eigenvalue weighted by molar-refractivity contribution is -0.135. The molecule has 0 bridgehead atoms. The fraction of sp³-hybridized carbons (Fsp3) is 0.688. The quantitative estimate of drug-likeness (QED) is 0.856. The number of fused-ring (bicyclic) bond motifs is 1. The second kappa shape index (κ2) is 7.59. The minimum absolute atomic E-state index is 0.0928. The number of likely N-dealkylation sites (N-methyl/N-ethyl adjacent to an activating group) is 1. The van der Waals surface area contributed by atoms with Gasteiger partial charge in [-0.2, -0.15) is 0 Å². The molecule has 0 aliphatic carbocycles. The molecule has 2 rings (SSSR count). The van der Waals surface area contributed by atoms with E-state index in [2.05, 4.69) is 31.1 Å². The number of carbonyl (C=O) groups is 2. The van der Waals surface area contributed by atoms with Crippen molar-refractivity contribution in [3.05, 3.63) is 17.3 Å². The summed E-state index contributed by atoms with van der Waals surface area (Å²) in [5.74, 6) is 0.980. The highest BCUT2D eigenvalue weighted by Gasteiger charge is 2.30. The van der Waals surface area contributed by atoms with Crippen molar-refractivity contribution in [2.75, 3.05) is 13.6 Å². The summed E-state index contributed by atoms with van der Waals surface area (Å²) in [7, 11) is 1.80. The van der Waals surface area contributed by atoms with Crippen LogP contribution >= 0.6 is 0 Å². The van der Waals surface area contributed by atoms with Crippen LogP contribution in [0.15, 0.2) is 4.42 Å². The zero-order valence-electron chi connectivity index (χ0n) is 14.8. The van der Waals surface area contributed by atoms with Crippen molar-refractivity contribution in [3.8, 4) is 0 Å². The van der Waals surface area contributed by atoms with Gasteiger partial charge in [0.25, 0.3) is 5.97 Å². The molecule has 1 amide bonds. The molecular weight excluding hydrogens is 298 g/mol. The number of rotatable bonds is 2. The molecular formula is C16H27N3O4. The van der Waals surface area contributed by atoms with Gasteiger partial charge < -0.3 is 19.7 Å². The smallest absolute Gasteiger partial charge is 0.300 e. The van der Waals surface area contributed by atoms with Crippen molar-refractivity contribution < 1.29 is 19.1 Å². The topological polar surface area (TPSA) is 95.7 Å². The molecule has 0 saturated heterocycles. The number of aliphatic carboxylic acids is 1. The number of aromatic nitrogens is 1. The van der Waals surface area contributed by atoms with Crippen LogP contribution < -0.4 is 5.32 Å². The van der Waals surface area contributed by atoms with E-state index in [4.69, 9.17) is 14.3 Å². The van der Waals surface area contributed by atoms with Gasteiger partial charge in [-0.1, -0.05) is 20.8 Å². The van der Waals surface area contributed by atoms with E-state index in [1.54, 1.807) is 7.05 Å². The second-order valence-corrected chi connectivity index (χ2v) is 6.68. The summed E-state index contributed by atoms with van der Waals surface area (Å²) in [6.07, 6.45) is 0.751. The molecule has 7 heteroatoms. The number of oxazole rings is 1. The Hall–Kier alpha value is -1.89. The fourth-order valence-electron chi connectivity index (χ4n) is 2.10. The van der Waals surface area contributed by atoms with Crippen molar-refractivity contribution in [2.24, 2.45) is 0 Å². The van der Waals surface area contributed by atoms with Crippen molar-refractivity contribution in [3.63, 3.8) is 0 Å². The number of carboxylic acids is 1. The third-order valence-corrected chi connectivity index (χ3v) is 3.48. The number of nitrogens with one attached hydrogen (secondary N) is 1. The highest BCUT2D eigenvalue weighted by molar-refractivity contribution is 5.81. The van der Waals surface area contributed by atoms with E-state index in [0.717, 1.165) is 30.7 Å². The Bertz CT molecular complexity index is 556. The predicted molar refractivity (Wildman–Crippen MR) is 86.2 cm³/mol. The van der Waals surface area contributed by atoms with Crippen LogP contribution in [0.3, 0.4) is 0 Å². The lowest BCUT2D eigenvalue weighted by Gasteiger charge is -2.27. The monoisotopic (exact) mass is 325 g/mol. The largest absolute Gasteiger partial charge is 0.481 e. The van der Waals surface area contributed by atoms with Crippen LogP contribution in [0.1, 0.15) is 52.0 Å². The van der Waals surface area contributed by atoms with Crippen LogP contribution in [-0.2, 0) is 28.0 Å². The summed E-state index contributed by atoms with van der Waals surface area (Å²) in [6.45, 7) is 10.5. The number of nitrogens with zero attached hydrogens (tertiary/aromatic N) is 2. The van der Waals surface area contributed by atoms with E-state index in [1.807, 2.05) is 11.8 Å². The standard InChI is InChI=1S/C14H23N3O2.C2H4O2/c1-9(15-5)12(18)17-7-6-11-10(8-17)16-13(19-11)14(2,3)4;1-2(3)4/h9,15H,6-8H2,1-5H3;1H3,(H,3,4)/t9-;/m0./s1. The fourth-order valence-corrected chi connectivity index (χ4v) is 2.10. The molecule has 7 nitrogen and oxygen atoms in total. The second-order valence-electron chi connectivity index (χ2n) is 6.68. The molecule has 23 heavy (non-hydrogen) atoms. The van der Waals surface area contributed by atoms with E-state index in [0.29, 0.717) is 13.1 Å². The van der Waals surface area contributed by atoms with E-state index in [-0.39, 0.29) is 17.4 Å². The molecule has 0 spiro atoms. The van der Waals surface area contributed by atoms with Crippen LogP contribution in [0.2, 0.25) is 0 Å². The van der Waals surface area contributed by atoms with Crippen molar-refractivity contribution >= 4 is 11.9 Å². The van der Waals surface area contributed by atoms with E-state index in [9.17, 15) is 4.79 Å². The highest BCUT2D eigenvalue weighted by Crippen LogP contribution is 2.27. The SMILES string of the molecule is CC(=O)O.CN[C@@H](C)C(=O)N1CCc2oc(C(C)(C)C)nc2C1. The average molecular weight is 325 g/mol. The summed E-state index contributed by atoms with van der Waals surface area (Å²) in [6, 6.07) is -0.157. The first-order valence-corrected chi connectivity index (χ1v) is 7.71. The van der Waals surface area contributed by atoms with Crippen molar-refractivity contribution in [1.29, 1.82) is 0 Å². The molecule has 0 unspecified atom stereocenters. The molecule has 1 aliphatic rings. The molecule has 1 aliphatic heterocycles. The zero-order chi connectivity index (χ0) is 17.8. The van der Waals surface area contributed by atoms with Crippen LogP contribution in [0.5, 0.6) is 0 Å². The van der Waals surface area contributed by atoms with E-state index >= 15 is 0 Å². The van der Waals surface area contributed by atoms with Crippen LogP contribution in [0.4, 0.5) is 0 Å². The first kappa shape index (κ1) is 19.2. The third kappa shape index (κ3) is 5.35. The number of carbonyl (C=O) groups excluding carboxylic acids is 1. The van der Waals surface area contributed by atoms with Gasteiger partial charge >= 0.3 is 0 Å². The Balaban J connectivity index is 0.000000593. The van der Waals surface area contributed by atoms with E-state index < -0.39 is 5.97 Å². The lowest BCUT2D eigenvalue weighted by atomic mass is 9.97. The molecule has 2 heterocycles. The maximum absolute atomic E-state index is 12.1. The van der Waals surface area contributed by atoms with Gasteiger partial charge in [0.1, 0.15) is 11.5 Å². The molecule has 1 aromatic heterocycles.